The average molecular weight is 269 g/mol. The van der Waals surface area contributed by atoms with E-state index in [-0.39, 0.29) is 16.5 Å². The molecule has 2 unspecified atom stereocenters. The normalized spacial score (nSPS) is 12.5. The summed E-state index contributed by atoms with van der Waals surface area (Å²) in [5, 5.41) is 50.5. The minimum atomic E-state index is -1.74. The molecular formula is C6H10NiO8. The molecule has 92 valence electrons. The van der Waals surface area contributed by atoms with Crippen LogP contribution in [0.1, 0.15) is 0 Å². The molecule has 0 aromatic carbocycles. The van der Waals surface area contributed by atoms with E-state index in [2.05, 4.69) is 0 Å². The van der Waals surface area contributed by atoms with Gasteiger partial charge in [-0.25, -0.2) is 0 Å². The SMILES string of the molecule is O=C([O-])C(O)CO.O=C([O-])C(O)CO.[Ni+2]. The van der Waals surface area contributed by atoms with Gasteiger partial charge in [-0.15, -0.1) is 0 Å². The molecule has 0 fully saturated rings. The summed E-state index contributed by atoms with van der Waals surface area (Å²) in [6.45, 7) is -1.58. The molecule has 2 atom stereocenters. The maximum Gasteiger partial charge on any atom is 2.00 e. The van der Waals surface area contributed by atoms with Gasteiger partial charge in [0, 0.05) is 0 Å². The maximum atomic E-state index is 9.41. The van der Waals surface area contributed by atoms with Crippen molar-refractivity contribution in [2.45, 2.75) is 12.2 Å². The van der Waals surface area contributed by atoms with E-state index in [0.29, 0.717) is 0 Å². The molecule has 0 aliphatic carbocycles. The van der Waals surface area contributed by atoms with Gasteiger partial charge >= 0.3 is 16.5 Å². The molecule has 15 heavy (non-hydrogen) atoms. The molecule has 0 bridgehead atoms. The van der Waals surface area contributed by atoms with Crippen molar-refractivity contribution in [2.75, 3.05) is 13.2 Å². The van der Waals surface area contributed by atoms with Gasteiger partial charge in [-0.1, -0.05) is 0 Å². The first kappa shape index (κ1) is 19.8. The zero-order valence-electron chi connectivity index (χ0n) is 7.31. The van der Waals surface area contributed by atoms with E-state index in [4.69, 9.17) is 20.4 Å². The van der Waals surface area contributed by atoms with Gasteiger partial charge in [-0.3, -0.25) is 0 Å². The molecule has 0 aliphatic heterocycles. The maximum absolute atomic E-state index is 9.41. The Balaban J connectivity index is -0.000000180. The molecule has 0 radical (unpaired) electrons. The molecule has 0 aromatic heterocycles. The van der Waals surface area contributed by atoms with Crippen LogP contribution in [-0.2, 0) is 26.1 Å². The monoisotopic (exact) mass is 268 g/mol. The van der Waals surface area contributed by atoms with Gasteiger partial charge < -0.3 is 40.2 Å². The number of hydrogen-bond acceptors (Lipinski definition) is 8. The molecule has 0 amide bonds. The Labute approximate surface area is 94.7 Å². The second-order valence-corrected chi connectivity index (χ2v) is 2.03. The van der Waals surface area contributed by atoms with Crippen LogP contribution in [0.3, 0.4) is 0 Å². The van der Waals surface area contributed by atoms with Crippen LogP contribution >= 0.6 is 0 Å². The predicted molar refractivity (Wildman–Crippen MR) is 36.2 cm³/mol. The van der Waals surface area contributed by atoms with Gasteiger partial charge in [-0.2, -0.15) is 0 Å². The van der Waals surface area contributed by atoms with Gasteiger partial charge in [0.1, 0.15) is 12.2 Å². The summed E-state index contributed by atoms with van der Waals surface area (Å²) in [6.07, 6.45) is -3.47. The summed E-state index contributed by atoms with van der Waals surface area (Å²) in [5.74, 6) is -3.30. The number of aliphatic hydroxyl groups is 4. The predicted octanol–water partition coefficient (Wildman–Crippen LogP) is -5.82. The van der Waals surface area contributed by atoms with Crippen LogP contribution in [0, 0.1) is 0 Å². The number of hydrogen-bond donors (Lipinski definition) is 4. The first-order chi connectivity index (χ1) is 6.36. The fourth-order valence-corrected chi connectivity index (χ4v) is 0.149. The van der Waals surface area contributed by atoms with Crippen molar-refractivity contribution in [2.24, 2.45) is 0 Å². The Morgan fingerprint density at radius 1 is 0.933 bits per heavy atom. The topological polar surface area (TPSA) is 161 Å². The van der Waals surface area contributed by atoms with Crippen molar-refractivity contribution in [3.05, 3.63) is 0 Å². The molecule has 9 heteroatoms. The molecule has 8 nitrogen and oxygen atoms in total. The Hall–Kier alpha value is -0.726. The van der Waals surface area contributed by atoms with Crippen molar-refractivity contribution in [1.29, 1.82) is 0 Å². The van der Waals surface area contributed by atoms with Crippen molar-refractivity contribution in [3.63, 3.8) is 0 Å². The van der Waals surface area contributed by atoms with E-state index in [1.165, 1.54) is 0 Å². The third-order valence-electron chi connectivity index (χ3n) is 0.890. The van der Waals surface area contributed by atoms with Crippen molar-refractivity contribution in [1.82, 2.24) is 0 Å². The largest absolute Gasteiger partial charge is 2.00 e. The van der Waals surface area contributed by atoms with E-state index in [1.807, 2.05) is 0 Å². The van der Waals surface area contributed by atoms with E-state index < -0.39 is 37.4 Å². The summed E-state index contributed by atoms with van der Waals surface area (Å²) >= 11 is 0. The molecule has 4 N–H and O–H groups in total. The first-order valence-corrected chi connectivity index (χ1v) is 3.36. The molecule has 0 saturated carbocycles. The molecule has 0 heterocycles. The van der Waals surface area contributed by atoms with Crippen LogP contribution in [0.25, 0.3) is 0 Å². The third-order valence-corrected chi connectivity index (χ3v) is 0.890. The summed E-state index contributed by atoms with van der Waals surface area (Å²) in [4.78, 5) is 18.8. The van der Waals surface area contributed by atoms with E-state index >= 15 is 0 Å². The average Bonchev–Trinajstić information content (AvgIpc) is 2.15. The standard InChI is InChI=1S/2C3H6O4.Ni/c2*4-1-2(5)3(6)7;/h2*2,4-5H,1H2,(H,6,7);/q;;+2/p-2. The summed E-state index contributed by atoms with van der Waals surface area (Å²) in [7, 11) is 0. The van der Waals surface area contributed by atoms with Gasteiger partial charge in [-0.05, 0) is 0 Å². The third kappa shape index (κ3) is 13.3. The zero-order valence-corrected chi connectivity index (χ0v) is 8.29. The molecule has 0 rings (SSSR count). The molecule has 0 aromatic rings. The number of carbonyl (C=O) groups is 2. The fourth-order valence-electron chi connectivity index (χ4n) is 0.149. The van der Waals surface area contributed by atoms with Crippen LogP contribution in [0.2, 0.25) is 0 Å². The summed E-state index contributed by atoms with van der Waals surface area (Å²) in [6, 6.07) is 0. The Kier molecular flexibility index (Phi) is 15.0. The number of aliphatic hydroxyl groups excluding tert-OH is 4. The smallest absolute Gasteiger partial charge is 0.547 e. The van der Waals surface area contributed by atoms with Crippen LogP contribution < -0.4 is 10.2 Å². The second-order valence-electron chi connectivity index (χ2n) is 2.03. The van der Waals surface area contributed by atoms with Crippen molar-refractivity contribution in [3.8, 4) is 0 Å². The first-order valence-electron chi connectivity index (χ1n) is 3.36. The van der Waals surface area contributed by atoms with Gasteiger partial charge in [0.25, 0.3) is 0 Å². The summed E-state index contributed by atoms with van der Waals surface area (Å²) < 4.78 is 0. The minimum absolute atomic E-state index is 0. The van der Waals surface area contributed by atoms with Gasteiger partial charge in [0.15, 0.2) is 0 Å². The zero-order chi connectivity index (χ0) is 11.7. The molecular weight excluding hydrogens is 259 g/mol. The van der Waals surface area contributed by atoms with Crippen LogP contribution in [-0.4, -0.2) is 57.8 Å². The quantitative estimate of drug-likeness (QED) is 0.367. The van der Waals surface area contributed by atoms with Gasteiger partial charge in [0.05, 0.1) is 25.2 Å². The Morgan fingerprint density at radius 3 is 1.13 bits per heavy atom. The number of aliphatic carboxylic acids is 2. The number of carbonyl (C=O) groups excluding carboxylic acids is 2. The van der Waals surface area contributed by atoms with E-state index in [9.17, 15) is 19.8 Å². The Bertz CT molecular complexity index is 164. The number of carboxylic acids is 2. The summed E-state index contributed by atoms with van der Waals surface area (Å²) in [5.41, 5.74) is 0. The second kappa shape index (κ2) is 11.3. The molecule has 0 spiro atoms. The van der Waals surface area contributed by atoms with Crippen LogP contribution in [0.5, 0.6) is 0 Å². The fraction of sp³-hybridized carbons (Fsp3) is 0.667. The van der Waals surface area contributed by atoms with E-state index in [0.717, 1.165) is 0 Å². The van der Waals surface area contributed by atoms with Crippen molar-refractivity contribution >= 4 is 11.9 Å². The number of rotatable bonds is 4. The van der Waals surface area contributed by atoms with Crippen LogP contribution in [0.4, 0.5) is 0 Å². The minimum Gasteiger partial charge on any atom is -0.547 e. The Morgan fingerprint density at radius 2 is 1.13 bits per heavy atom. The van der Waals surface area contributed by atoms with Gasteiger partial charge in [0.2, 0.25) is 0 Å². The molecule has 0 aliphatic rings. The molecule has 0 saturated heterocycles. The van der Waals surface area contributed by atoms with Crippen LogP contribution in [0.15, 0.2) is 0 Å². The van der Waals surface area contributed by atoms with E-state index in [1.54, 1.807) is 0 Å². The van der Waals surface area contributed by atoms with Crippen molar-refractivity contribution < 1.29 is 56.7 Å². The number of carboxylic acid groups (broad SMARTS) is 2.